The quantitative estimate of drug-likeness (QED) is 0.448. The molecule has 4 rings (SSSR count). The maximum Gasteiger partial charge on any atom is 0.303 e. The summed E-state index contributed by atoms with van der Waals surface area (Å²) in [6, 6.07) is 25.8. The number of hydrogen-bond acceptors (Lipinski definition) is 3. The first-order valence-electron chi connectivity index (χ1n) is 10.1. The average Bonchev–Trinajstić information content (AvgIpc) is 3.11. The molecule has 0 unspecified atom stereocenters. The van der Waals surface area contributed by atoms with Gasteiger partial charge in [0.2, 0.25) is 0 Å². The van der Waals surface area contributed by atoms with Crippen molar-refractivity contribution >= 4 is 16.9 Å². The summed E-state index contributed by atoms with van der Waals surface area (Å²) in [5, 5.41) is 19.5. The van der Waals surface area contributed by atoms with E-state index in [1.165, 1.54) is 0 Å². The van der Waals surface area contributed by atoms with E-state index in [0.29, 0.717) is 18.6 Å². The van der Waals surface area contributed by atoms with Gasteiger partial charge in [-0.2, -0.15) is 5.26 Å². The Morgan fingerprint density at radius 3 is 2.61 bits per heavy atom. The van der Waals surface area contributed by atoms with Gasteiger partial charge in [-0.05, 0) is 53.4 Å². The van der Waals surface area contributed by atoms with E-state index in [2.05, 4.69) is 6.07 Å². The number of carboxylic acid groups (broad SMARTS) is 1. The lowest BCUT2D eigenvalue weighted by atomic mass is 9.98. The number of nitriles is 1. The Morgan fingerprint density at radius 1 is 1.06 bits per heavy atom. The highest BCUT2D eigenvalue weighted by atomic mass is 16.5. The second kappa shape index (κ2) is 8.76. The van der Waals surface area contributed by atoms with Crippen LogP contribution in [0.2, 0.25) is 0 Å². The van der Waals surface area contributed by atoms with Crippen LogP contribution in [0, 0.1) is 11.3 Å². The van der Waals surface area contributed by atoms with Gasteiger partial charge < -0.3 is 14.4 Å². The van der Waals surface area contributed by atoms with Crippen LogP contribution in [-0.4, -0.2) is 15.6 Å². The molecule has 3 aromatic carbocycles. The molecule has 1 heterocycles. The summed E-state index contributed by atoms with van der Waals surface area (Å²) >= 11 is 0. The molecule has 0 aliphatic carbocycles. The first-order valence-corrected chi connectivity index (χ1v) is 10.1. The highest BCUT2D eigenvalue weighted by Gasteiger charge is 2.10. The molecule has 5 heteroatoms. The van der Waals surface area contributed by atoms with Crippen LogP contribution >= 0.6 is 0 Å². The van der Waals surface area contributed by atoms with E-state index >= 15 is 0 Å². The fraction of sp³-hybridized carbons (Fsp3) is 0.154. The predicted octanol–water partition coefficient (Wildman–Crippen LogP) is 5.31. The Hall–Kier alpha value is -4.04. The monoisotopic (exact) mass is 410 g/mol. The second-order valence-corrected chi connectivity index (χ2v) is 7.46. The largest absolute Gasteiger partial charge is 0.489 e. The molecule has 1 N–H and O–H groups in total. The average molecular weight is 410 g/mol. The highest BCUT2D eigenvalue weighted by Crippen LogP contribution is 2.27. The van der Waals surface area contributed by atoms with Gasteiger partial charge in [-0.3, -0.25) is 4.79 Å². The van der Waals surface area contributed by atoms with Gasteiger partial charge >= 0.3 is 5.97 Å². The van der Waals surface area contributed by atoms with Gasteiger partial charge in [0.1, 0.15) is 12.4 Å². The van der Waals surface area contributed by atoms with E-state index in [1.807, 2.05) is 84.4 Å². The van der Waals surface area contributed by atoms with Crippen molar-refractivity contribution in [1.82, 2.24) is 4.57 Å². The van der Waals surface area contributed by atoms with E-state index in [4.69, 9.17) is 9.84 Å². The Morgan fingerprint density at radius 2 is 1.87 bits per heavy atom. The molecule has 0 atom stereocenters. The van der Waals surface area contributed by atoms with Crippen molar-refractivity contribution in [3.8, 4) is 22.9 Å². The van der Waals surface area contributed by atoms with Crippen LogP contribution in [0.4, 0.5) is 0 Å². The highest BCUT2D eigenvalue weighted by molar-refractivity contribution is 5.83. The third-order valence-corrected chi connectivity index (χ3v) is 5.40. The molecule has 0 fully saturated rings. The number of nitrogens with zero attached hydrogens (tertiary/aromatic N) is 2. The molecule has 0 aliphatic heterocycles. The maximum absolute atomic E-state index is 10.9. The Kier molecular flexibility index (Phi) is 5.72. The van der Waals surface area contributed by atoms with Gasteiger partial charge in [0, 0.05) is 23.6 Å². The lowest BCUT2D eigenvalue weighted by molar-refractivity contribution is -0.136. The Balaban J connectivity index is 1.51. The van der Waals surface area contributed by atoms with Crippen LogP contribution in [-0.2, 0) is 24.9 Å². The predicted molar refractivity (Wildman–Crippen MR) is 120 cm³/mol. The zero-order valence-electron chi connectivity index (χ0n) is 17.2. The van der Waals surface area contributed by atoms with Gasteiger partial charge in [-0.15, -0.1) is 0 Å². The van der Waals surface area contributed by atoms with Gasteiger partial charge in [-0.1, -0.05) is 42.5 Å². The van der Waals surface area contributed by atoms with Crippen molar-refractivity contribution in [3.05, 3.63) is 89.6 Å². The number of aryl methyl sites for hydroxylation is 2. The number of carbonyl (C=O) groups is 1. The van der Waals surface area contributed by atoms with Crippen molar-refractivity contribution in [1.29, 1.82) is 5.26 Å². The molecule has 0 aliphatic rings. The van der Waals surface area contributed by atoms with Crippen molar-refractivity contribution in [2.24, 2.45) is 7.05 Å². The van der Waals surface area contributed by atoms with E-state index in [9.17, 15) is 10.1 Å². The molecule has 0 amide bonds. The third-order valence-electron chi connectivity index (χ3n) is 5.40. The standard InChI is InChI=1S/C26H22N2O3/c1-28-22(8-12-26(29)30)14-20-15-23(9-11-25(20)28)31-17-18-7-10-24(21(13-18)16-27)19-5-3-2-4-6-19/h2-7,9-11,13-15H,8,12,17H2,1H3,(H,29,30). The fourth-order valence-corrected chi connectivity index (χ4v) is 3.76. The summed E-state index contributed by atoms with van der Waals surface area (Å²) < 4.78 is 8.00. The third kappa shape index (κ3) is 4.44. The molecular weight excluding hydrogens is 388 g/mol. The van der Waals surface area contributed by atoms with Crippen molar-refractivity contribution < 1.29 is 14.6 Å². The zero-order chi connectivity index (χ0) is 21.8. The first-order chi connectivity index (χ1) is 15.0. The van der Waals surface area contributed by atoms with E-state index < -0.39 is 5.97 Å². The van der Waals surface area contributed by atoms with E-state index in [0.717, 1.165) is 39.0 Å². The van der Waals surface area contributed by atoms with Gasteiger partial charge in [0.05, 0.1) is 18.1 Å². The normalized spacial score (nSPS) is 10.7. The number of aromatic nitrogens is 1. The molecule has 0 saturated heterocycles. The molecule has 0 saturated carbocycles. The Bertz CT molecular complexity index is 1280. The molecule has 0 radical (unpaired) electrons. The SMILES string of the molecule is Cn1c(CCC(=O)O)cc2cc(OCc3ccc(-c4ccccc4)c(C#N)c3)ccc21. The van der Waals surface area contributed by atoms with Crippen LogP contribution in [0.15, 0.2) is 72.8 Å². The molecule has 5 nitrogen and oxygen atoms in total. The van der Waals surface area contributed by atoms with E-state index in [-0.39, 0.29) is 6.42 Å². The molecule has 0 bridgehead atoms. The van der Waals surface area contributed by atoms with Crippen molar-refractivity contribution in [2.75, 3.05) is 0 Å². The lowest BCUT2D eigenvalue weighted by Crippen LogP contribution is -2.01. The molecule has 154 valence electrons. The van der Waals surface area contributed by atoms with E-state index in [1.54, 1.807) is 0 Å². The van der Waals surface area contributed by atoms with Gasteiger partial charge in [0.25, 0.3) is 0 Å². The summed E-state index contributed by atoms with van der Waals surface area (Å²) in [5.74, 6) is -0.0715. The summed E-state index contributed by atoms with van der Waals surface area (Å²) in [5.41, 5.74) is 5.48. The summed E-state index contributed by atoms with van der Waals surface area (Å²) in [7, 11) is 1.94. The summed E-state index contributed by atoms with van der Waals surface area (Å²) in [4.78, 5) is 10.9. The minimum Gasteiger partial charge on any atom is -0.489 e. The first kappa shape index (κ1) is 20.2. The van der Waals surface area contributed by atoms with Crippen LogP contribution in [0.3, 0.4) is 0 Å². The van der Waals surface area contributed by atoms with Crippen molar-refractivity contribution in [2.45, 2.75) is 19.4 Å². The molecular formula is C26H22N2O3. The number of aliphatic carboxylic acids is 1. The van der Waals surface area contributed by atoms with Gasteiger partial charge in [0.15, 0.2) is 0 Å². The summed E-state index contributed by atoms with van der Waals surface area (Å²) in [6.07, 6.45) is 0.592. The molecule has 0 spiro atoms. The number of carboxylic acids is 1. The number of rotatable bonds is 7. The van der Waals surface area contributed by atoms with Crippen LogP contribution in [0.1, 0.15) is 23.2 Å². The number of hydrogen-bond donors (Lipinski definition) is 1. The topological polar surface area (TPSA) is 75.2 Å². The van der Waals surface area contributed by atoms with Crippen LogP contribution in [0.25, 0.3) is 22.0 Å². The molecule has 4 aromatic rings. The lowest BCUT2D eigenvalue weighted by Gasteiger charge is -2.10. The molecule has 1 aromatic heterocycles. The zero-order valence-corrected chi connectivity index (χ0v) is 17.2. The summed E-state index contributed by atoms with van der Waals surface area (Å²) in [6.45, 7) is 0.355. The number of benzene rings is 3. The second-order valence-electron chi connectivity index (χ2n) is 7.46. The molecule has 31 heavy (non-hydrogen) atoms. The maximum atomic E-state index is 10.9. The van der Waals surface area contributed by atoms with Crippen molar-refractivity contribution in [3.63, 3.8) is 0 Å². The fourth-order valence-electron chi connectivity index (χ4n) is 3.76. The minimum absolute atomic E-state index is 0.105. The minimum atomic E-state index is -0.802. The van der Waals surface area contributed by atoms with Crippen LogP contribution in [0.5, 0.6) is 5.75 Å². The number of ether oxygens (including phenoxy) is 1. The number of fused-ring (bicyclic) bond motifs is 1. The Labute approximate surface area is 180 Å². The smallest absolute Gasteiger partial charge is 0.303 e. The van der Waals surface area contributed by atoms with Gasteiger partial charge in [-0.25, -0.2) is 0 Å². The van der Waals surface area contributed by atoms with Crippen LogP contribution < -0.4 is 4.74 Å².